The molecular weight excluding hydrogens is 263 g/mol. The zero-order valence-electron chi connectivity index (χ0n) is 10.6. The molecule has 1 heterocycles. The van der Waals surface area contributed by atoms with Gasteiger partial charge in [0.1, 0.15) is 5.01 Å². The maximum Gasteiger partial charge on any atom is 0.165 e. The number of aromatic nitrogens is 1. The Morgan fingerprint density at radius 3 is 3.05 bits per heavy atom. The zero-order valence-corrected chi connectivity index (χ0v) is 11.5. The number of hydrogen-bond acceptors (Lipinski definition) is 4. The van der Waals surface area contributed by atoms with E-state index in [1.54, 1.807) is 23.5 Å². The number of ether oxygens (including phenoxy) is 1. The van der Waals surface area contributed by atoms with Gasteiger partial charge in [0.15, 0.2) is 11.6 Å². The van der Waals surface area contributed by atoms with E-state index in [4.69, 9.17) is 10.5 Å². The summed E-state index contributed by atoms with van der Waals surface area (Å²) < 4.78 is 18.4. The minimum atomic E-state index is -0.357. The molecule has 1 atom stereocenters. The SMILES string of the molecule is COc1cc(-c2nc3c(s2)CCCC3N)ccc1F. The summed E-state index contributed by atoms with van der Waals surface area (Å²) >= 11 is 1.65. The number of nitrogens with two attached hydrogens (primary N) is 1. The highest BCUT2D eigenvalue weighted by molar-refractivity contribution is 7.15. The minimum Gasteiger partial charge on any atom is -0.494 e. The predicted molar refractivity (Wildman–Crippen MR) is 73.9 cm³/mol. The summed E-state index contributed by atoms with van der Waals surface area (Å²) in [6, 6.07) is 4.86. The quantitative estimate of drug-likeness (QED) is 0.917. The maximum atomic E-state index is 13.4. The molecule has 1 aromatic heterocycles. The normalized spacial score (nSPS) is 18.2. The van der Waals surface area contributed by atoms with Gasteiger partial charge in [-0.25, -0.2) is 9.37 Å². The fourth-order valence-corrected chi connectivity index (χ4v) is 3.54. The van der Waals surface area contributed by atoms with Gasteiger partial charge in [-0.3, -0.25) is 0 Å². The Kier molecular flexibility index (Phi) is 3.24. The van der Waals surface area contributed by atoms with E-state index in [9.17, 15) is 4.39 Å². The van der Waals surface area contributed by atoms with Crippen LogP contribution < -0.4 is 10.5 Å². The third kappa shape index (κ3) is 2.24. The average Bonchev–Trinajstić information content (AvgIpc) is 2.85. The number of halogens is 1. The molecular formula is C14H15FN2OS. The van der Waals surface area contributed by atoms with Crippen molar-refractivity contribution in [2.75, 3.05) is 7.11 Å². The molecule has 19 heavy (non-hydrogen) atoms. The Hall–Kier alpha value is -1.46. The predicted octanol–water partition coefficient (Wildman–Crippen LogP) is 3.29. The second-order valence-corrected chi connectivity index (χ2v) is 5.76. The Balaban J connectivity index is 2.03. The number of aryl methyl sites for hydroxylation is 1. The van der Waals surface area contributed by atoms with Gasteiger partial charge in [0.25, 0.3) is 0 Å². The molecule has 0 amide bonds. The van der Waals surface area contributed by atoms with Gasteiger partial charge in [0.05, 0.1) is 12.8 Å². The second kappa shape index (κ2) is 4.90. The van der Waals surface area contributed by atoms with Crippen LogP contribution in [0.2, 0.25) is 0 Å². The van der Waals surface area contributed by atoms with Crippen molar-refractivity contribution in [2.45, 2.75) is 25.3 Å². The largest absolute Gasteiger partial charge is 0.494 e. The molecule has 3 nitrogen and oxygen atoms in total. The van der Waals surface area contributed by atoms with Gasteiger partial charge in [0, 0.05) is 16.5 Å². The number of hydrogen-bond donors (Lipinski definition) is 1. The summed E-state index contributed by atoms with van der Waals surface area (Å²) in [5, 5.41) is 0.889. The fraction of sp³-hybridized carbons (Fsp3) is 0.357. The van der Waals surface area contributed by atoms with Gasteiger partial charge in [-0.2, -0.15) is 0 Å². The van der Waals surface area contributed by atoms with E-state index in [0.717, 1.165) is 35.5 Å². The molecule has 0 saturated carbocycles. The number of fused-ring (bicyclic) bond motifs is 1. The van der Waals surface area contributed by atoms with Crippen molar-refractivity contribution < 1.29 is 9.13 Å². The molecule has 2 aromatic rings. The van der Waals surface area contributed by atoms with E-state index in [1.165, 1.54) is 18.1 Å². The second-order valence-electron chi connectivity index (χ2n) is 4.68. The summed E-state index contributed by atoms with van der Waals surface area (Å²) in [7, 11) is 1.46. The standard InChI is InChI=1S/C14H15FN2OS/c1-18-11-7-8(5-6-9(11)15)14-17-13-10(16)3-2-4-12(13)19-14/h5-7,10H,2-4,16H2,1H3. The van der Waals surface area contributed by atoms with Crippen LogP contribution in [0.15, 0.2) is 18.2 Å². The first kappa shape index (κ1) is 12.6. The number of benzene rings is 1. The number of rotatable bonds is 2. The van der Waals surface area contributed by atoms with Crippen molar-refractivity contribution >= 4 is 11.3 Å². The average molecular weight is 278 g/mol. The highest BCUT2D eigenvalue weighted by atomic mass is 32.1. The lowest BCUT2D eigenvalue weighted by molar-refractivity contribution is 0.387. The van der Waals surface area contributed by atoms with Gasteiger partial charge >= 0.3 is 0 Å². The van der Waals surface area contributed by atoms with Gasteiger partial charge in [-0.05, 0) is 37.5 Å². The lowest BCUT2D eigenvalue weighted by Gasteiger charge is -2.15. The minimum absolute atomic E-state index is 0.0380. The summed E-state index contributed by atoms with van der Waals surface area (Å²) in [4.78, 5) is 5.88. The molecule has 5 heteroatoms. The molecule has 2 N–H and O–H groups in total. The Morgan fingerprint density at radius 1 is 1.47 bits per heavy atom. The molecule has 1 aliphatic rings. The molecule has 0 fully saturated rings. The number of nitrogens with zero attached hydrogens (tertiary/aromatic N) is 1. The molecule has 3 rings (SSSR count). The summed E-state index contributed by atoms with van der Waals surface area (Å²) in [5.74, 6) is -0.112. The van der Waals surface area contributed by atoms with Crippen LogP contribution in [0, 0.1) is 5.82 Å². The molecule has 0 saturated heterocycles. The number of thiazole rings is 1. The molecule has 0 bridgehead atoms. The molecule has 1 unspecified atom stereocenters. The van der Waals surface area contributed by atoms with Crippen molar-refractivity contribution in [3.8, 4) is 16.3 Å². The van der Waals surface area contributed by atoms with E-state index < -0.39 is 0 Å². The van der Waals surface area contributed by atoms with Crippen molar-refractivity contribution in [1.29, 1.82) is 0 Å². The number of methoxy groups -OCH3 is 1. The summed E-state index contributed by atoms with van der Waals surface area (Å²) in [5.41, 5.74) is 7.97. The monoisotopic (exact) mass is 278 g/mol. The fourth-order valence-electron chi connectivity index (χ4n) is 2.37. The zero-order chi connectivity index (χ0) is 13.4. The van der Waals surface area contributed by atoms with E-state index in [-0.39, 0.29) is 17.6 Å². The molecule has 0 spiro atoms. The van der Waals surface area contributed by atoms with Gasteiger partial charge in [0.2, 0.25) is 0 Å². The van der Waals surface area contributed by atoms with Crippen LogP contribution in [0.4, 0.5) is 4.39 Å². The summed E-state index contributed by atoms with van der Waals surface area (Å²) in [6.45, 7) is 0. The lowest BCUT2D eigenvalue weighted by atomic mass is 9.99. The highest BCUT2D eigenvalue weighted by Gasteiger charge is 2.22. The van der Waals surface area contributed by atoms with Crippen LogP contribution in [-0.2, 0) is 6.42 Å². The van der Waals surface area contributed by atoms with Crippen LogP contribution in [0.25, 0.3) is 10.6 Å². The molecule has 100 valence electrons. The topological polar surface area (TPSA) is 48.1 Å². The van der Waals surface area contributed by atoms with Crippen LogP contribution in [0.1, 0.15) is 29.5 Å². The highest BCUT2D eigenvalue weighted by Crippen LogP contribution is 2.37. The molecule has 1 aliphatic carbocycles. The van der Waals surface area contributed by atoms with Crippen LogP contribution >= 0.6 is 11.3 Å². The molecule has 1 aromatic carbocycles. The van der Waals surface area contributed by atoms with Gasteiger partial charge < -0.3 is 10.5 Å². The van der Waals surface area contributed by atoms with E-state index >= 15 is 0 Å². The third-order valence-electron chi connectivity index (χ3n) is 3.40. The summed E-state index contributed by atoms with van der Waals surface area (Å²) in [6.07, 6.45) is 3.14. The first-order valence-electron chi connectivity index (χ1n) is 6.28. The van der Waals surface area contributed by atoms with Crippen molar-refractivity contribution in [2.24, 2.45) is 5.73 Å². The van der Waals surface area contributed by atoms with E-state index in [2.05, 4.69) is 4.98 Å². The van der Waals surface area contributed by atoms with Crippen molar-refractivity contribution in [3.05, 3.63) is 34.6 Å². The van der Waals surface area contributed by atoms with Crippen LogP contribution in [0.5, 0.6) is 5.75 Å². The van der Waals surface area contributed by atoms with Crippen molar-refractivity contribution in [3.63, 3.8) is 0 Å². The first-order valence-corrected chi connectivity index (χ1v) is 7.10. The molecule has 0 aliphatic heterocycles. The van der Waals surface area contributed by atoms with E-state index in [1.807, 2.05) is 0 Å². The lowest BCUT2D eigenvalue weighted by Crippen LogP contribution is -2.16. The van der Waals surface area contributed by atoms with Crippen LogP contribution in [0.3, 0.4) is 0 Å². The first-order chi connectivity index (χ1) is 9.19. The smallest absolute Gasteiger partial charge is 0.165 e. The van der Waals surface area contributed by atoms with Crippen LogP contribution in [-0.4, -0.2) is 12.1 Å². The third-order valence-corrected chi connectivity index (χ3v) is 4.58. The Bertz CT molecular complexity index is 611. The van der Waals surface area contributed by atoms with E-state index in [0.29, 0.717) is 0 Å². The van der Waals surface area contributed by atoms with Crippen molar-refractivity contribution in [1.82, 2.24) is 4.98 Å². The maximum absolute atomic E-state index is 13.4. The van der Waals surface area contributed by atoms with Gasteiger partial charge in [-0.15, -0.1) is 11.3 Å². The Labute approximate surface area is 115 Å². The van der Waals surface area contributed by atoms with Gasteiger partial charge in [-0.1, -0.05) is 0 Å². The Morgan fingerprint density at radius 2 is 2.32 bits per heavy atom. The molecule has 0 radical (unpaired) electrons.